The fraction of sp³-hybridized carbons (Fsp3) is 0.455. The van der Waals surface area contributed by atoms with Crippen molar-refractivity contribution in [2.75, 3.05) is 6.61 Å². The molecule has 6 heteroatoms. The van der Waals surface area contributed by atoms with E-state index in [1.165, 1.54) is 18.2 Å². The Balaban J connectivity index is 2.10. The lowest BCUT2D eigenvalue weighted by atomic mass is 10.2. The van der Waals surface area contributed by atoms with Crippen molar-refractivity contribution in [2.24, 2.45) is 0 Å². The molecule has 0 amide bonds. The predicted molar refractivity (Wildman–Crippen MR) is 59.0 cm³/mol. The molecule has 1 aromatic carbocycles. The standard InChI is InChI=1S/C11H13NO5/c13-10-5-4-8(7-9(10)12(14)15)17-11-3-1-2-6-16-11/h4-5,7,11,13H,1-3,6H2. The van der Waals surface area contributed by atoms with Crippen LogP contribution in [0.1, 0.15) is 19.3 Å². The van der Waals surface area contributed by atoms with Gasteiger partial charge in [0.05, 0.1) is 17.6 Å². The molecule has 1 heterocycles. The van der Waals surface area contributed by atoms with Crippen LogP contribution in [-0.4, -0.2) is 22.9 Å². The second kappa shape index (κ2) is 5.01. The van der Waals surface area contributed by atoms with Crippen molar-refractivity contribution in [1.29, 1.82) is 0 Å². The summed E-state index contributed by atoms with van der Waals surface area (Å²) in [7, 11) is 0. The Morgan fingerprint density at radius 2 is 2.29 bits per heavy atom. The number of ether oxygens (including phenoxy) is 2. The molecule has 1 aromatic rings. The largest absolute Gasteiger partial charge is 0.502 e. The number of aromatic hydroxyl groups is 1. The van der Waals surface area contributed by atoms with Gasteiger partial charge in [-0.3, -0.25) is 10.1 Å². The third kappa shape index (κ3) is 2.85. The van der Waals surface area contributed by atoms with Gasteiger partial charge in [0, 0.05) is 6.42 Å². The van der Waals surface area contributed by atoms with Crippen LogP contribution in [0.5, 0.6) is 11.5 Å². The van der Waals surface area contributed by atoms with E-state index >= 15 is 0 Å². The van der Waals surface area contributed by atoms with Crippen molar-refractivity contribution in [3.05, 3.63) is 28.3 Å². The molecule has 1 N–H and O–H groups in total. The summed E-state index contributed by atoms with van der Waals surface area (Å²) in [5.74, 6) is -0.0340. The molecule has 0 spiro atoms. The van der Waals surface area contributed by atoms with Gasteiger partial charge in [-0.25, -0.2) is 0 Å². The highest BCUT2D eigenvalue weighted by Gasteiger charge is 2.18. The normalized spacial score (nSPS) is 19.9. The zero-order valence-electron chi connectivity index (χ0n) is 9.17. The summed E-state index contributed by atoms with van der Waals surface area (Å²) in [6.07, 6.45) is 2.45. The second-order valence-electron chi connectivity index (χ2n) is 3.82. The van der Waals surface area contributed by atoms with Gasteiger partial charge in [0.2, 0.25) is 0 Å². The van der Waals surface area contributed by atoms with Crippen molar-refractivity contribution >= 4 is 5.69 Å². The molecular formula is C11H13NO5. The number of phenols is 1. The molecule has 1 aliphatic rings. The molecule has 0 saturated carbocycles. The Labute approximate surface area is 97.9 Å². The minimum absolute atomic E-state index is 0.335. The van der Waals surface area contributed by atoms with Gasteiger partial charge in [0.15, 0.2) is 12.0 Å². The van der Waals surface area contributed by atoms with E-state index in [2.05, 4.69) is 0 Å². The molecule has 6 nitrogen and oxygen atoms in total. The van der Waals surface area contributed by atoms with Gasteiger partial charge in [-0.1, -0.05) is 0 Å². The first-order valence-corrected chi connectivity index (χ1v) is 5.42. The highest BCUT2D eigenvalue weighted by atomic mass is 16.7. The molecule has 1 saturated heterocycles. The van der Waals surface area contributed by atoms with E-state index < -0.39 is 4.92 Å². The van der Waals surface area contributed by atoms with Crippen molar-refractivity contribution in [3.8, 4) is 11.5 Å². The molecule has 17 heavy (non-hydrogen) atoms. The minimum Gasteiger partial charge on any atom is -0.502 e. The maximum Gasteiger partial charge on any atom is 0.314 e. The zero-order valence-corrected chi connectivity index (χ0v) is 9.17. The van der Waals surface area contributed by atoms with Crippen LogP contribution in [0.4, 0.5) is 5.69 Å². The highest BCUT2D eigenvalue weighted by Crippen LogP contribution is 2.30. The van der Waals surface area contributed by atoms with E-state index in [4.69, 9.17) is 9.47 Å². The van der Waals surface area contributed by atoms with Crippen LogP contribution in [-0.2, 0) is 4.74 Å². The molecule has 1 fully saturated rings. The van der Waals surface area contributed by atoms with E-state index in [9.17, 15) is 15.2 Å². The molecule has 1 atom stereocenters. The number of hydrogen-bond donors (Lipinski definition) is 1. The third-order valence-electron chi connectivity index (χ3n) is 2.55. The number of nitro benzene ring substituents is 1. The molecule has 0 aliphatic carbocycles. The molecule has 2 rings (SSSR count). The number of hydrogen-bond acceptors (Lipinski definition) is 5. The first-order chi connectivity index (χ1) is 8.16. The first-order valence-electron chi connectivity index (χ1n) is 5.42. The summed E-state index contributed by atoms with van der Waals surface area (Å²) in [6, 6.07) is 3.93. The van der Waals surface area contributed by atoms with Gasteiger partial charge in [-0.15, -0.1) is 0 Å². The summed E-state index contributed by atoms with van der Waals surface area (Å²) < 4.78 is 10.8. The van der Waals surface area contributed by atoms with Gasteiger partial charge in [-0.05, 0) is 25.0 Å². The van der Waals surface area contributed by atoms with Crippen molar-refractivity contribution in [2.45, 2.75) is 25.6 Å². The van der Waals surface area contributed by atoms with Crippen LogP contribution >= 0.6 is 0 Å². The van der Waals surface area contributed by atoms with Crippen LogP contribution < -0.4 is 4.74 Å². The van der Waals surface area contributed by atoms with Gasteiger partial charge in [-0.2, -0.15) is 0 Å². The molecule has 1 unspecified atom stereocenters. The van der Waals surface area contributed by atoms with Crippen LogP contribution in [0.2, 0.25) is 0 Å². The summed E-state index contributed by atoms with van der Waals surface area (Å²) in [5, 5.41) is 19.9. The van der Waals surface area contributed by atoms with Crippen molar-refractivity contribution in [3.63, 3.8) is 0 Å². The van der Waals surface area contributed by atoms with Gasteiger partial charge in [0.1, 0.15) is 5.75 Å². The fourth-order valence-electron chi connectivity index (χ4n) is 1.68. The average Bonchev–Trinajstić information content (AvgIpc) is 2.32. The Morgan fingerprint density at radius 3 is 2.94 bits per heavy atom. The Kier molecular flexibility index (Phi) is 3.43. The lowest BCUT2D eigenvalue weighted by Crippen LogP contribution is -2.24. The average molecular weight is 239 g/mol. The third-order valence-corrected chi connectivity index (χ3v) is 2.55. The summed E-state index contributed by atoms with van der Waals surface area (Å²) in [4.78, 5) is 9.98. The maximum atomic E-state index is 10.6. The van der Waals surface area contributed by atoms with Crippen LogP contribution in [0, 0.1) is 10.1 Å². The van der Waals surface area contributed by atoms with Gasteiger partial charge < -0.3 is 14.6 Å². The van der Waals surface area contributed by atoms with Crippen LogP contribution in [0.25, 0.3) is 0 Å². The molecule has 0 radical (unpaired) electrons. The quantitative estimate of drug-likeness (QED) is 0.645. The number of rotatable bonds is 3. The summed E-state index contributed by atoms with van der Waals surface area (Å²) >= 11 is 0. The van der Waals surface area contributed by atoms with Crippen LogP contribution in [0.15, 0.2) is 18.2 Å². The number of benzene rings is 1. The molecule has 1 aliphatic heterocycles. The van der Waals surface area contributed by atoms with Gasteiger partial charge >= 0.3 is 5.69 Å². The molecular weight excluding hydrogens is 226 g/mol. The number of phenolic OH excluding ortho intramolecular Hbond substituents is 1. The number of nitro groups is 1. The first kappa shape index (κ1) is 11.7. The highest BCUT2D eigenvalue weighted by molar-refractivity contribution is 5.49. The Hall–Kier alpha value is -1.82. The van der Waals surface area contributed by atoms with E-state index in [0.717, 1.165) is 19.3 Å². The Morgan fingerprint density at radius 1 is 1.47 bits per heavy atom. The topological polar surface area (TPSA) is 81.8 Å². The number of nitrogens with zero attached hydrogens (tertiary/aromatic N) is 1. The SMILES string of the molecule is O=[N+]([O-])c1cc(OC2CCCCO2)ccc1O. The maximum absolute atomic E-state index is 10.6. The van der Waals surface area contributed by atoms with E-state index in [1.807, 2.05) is 0 Å². The molecule has 92 valence electrons. The fourth-order valence-corrected chi connectivity index (χ4v) is 1.68. The van der Waals surface area contributed by atoms with Crippen LogP contribution in [0.3, 0.4) is 0 Å². The lowest BCUT2D eigenvalue weighted by Gasteiger charge is -2.23. The zero-order chi connectivity index (χ0) is 12.3. The predicted octanol–water partition coefficient (Wildman–Crippen LogP) is 2.21. The van der Waals surface area contributed by atoms with Crippen molar-refractivity contribution in [1.82, 2.24) is 0 Å². The molecule has 0 bridgehead atoms. The smallest absolute Gasteiger partial charge is 0.314 e. The minimum atomic E-state index is -0.649. The van der Waals surface area contributed by atoms with Gasteiger partial charge in [0.25, 0.3) is 0 Å². The van der Waals surface area contributed by atoms with E-state index in [-0.39, 0.29) is 17.7 Å². The second-order valence-corrected chi connectivity index (χ2v) is 3.82. The summed E-state index contributed by atoms with van der Waals surface area (Å²) in [6.45, 7) is 0.644. The van der Waals surface area contributed by atoms with E-state index in [0.29, 0.717) is 12.4 Å². The Bertz CT molecular complexity index is 414. The summed E-state index contributed by atoms with van der Waals surface area (Å²) in [5.41, 5.74) is -0.363. The lowest BCUT2D eigenvalue weighted by molar-refractivity contribution is -0.386. The monoisotopic (exact) mass is 239 g/mol. The van der Waals surface area contributed by atoms with Crippen molar-refractivity contribution < 1.29 is 19.5 Å². The molecule has 0 aromatic heterocycles. The van der Waals surface area contributed by atoms with E-state index in [1.54, 1.807) is 0 Å².